The van der Waals surface area contributed by atoms with Crippen LogP contribution in [0, 0.1) is 5.41 Å². The predicted octanol–water partition coefficient (Wildman–Crippen LogP) is 4.53. The Kier molecular flexibility index (Phi) is 5.52. The molecule has 1 aromatic rings. The van der Waals surface area contributed by atoms with Crippen LogP contribution in [-0.4, -0.2) is 11.7 Å². The number of nitrogens with two attached hydrogens (primary N) is 1. The van der Waals surface area contributed by atoms with E-state index in [0.29, 0.717) is 17.0 Å². The van der Waals surface area contributed by atoms with E-state index < -0.39 is 6.10 Å². The molecule has 0 saturated heterocycles. The lowest BCUT2D eigenvalue weighted by Gasteiger charge is -2.37. The fourth-order valence-corrected chi connectivity index (χ4v) is 3.61. The maximum atomic E-state index is 10.7. The lowest BCUT2D eigenvalue weighted by molar-refractivity contribution is -0.00648. The number of hydrogen-bond donors (Lipinski definition) is 2. The normalized spacial score (nSPS) is 21.7. The third-order valence-electron chi connectivity index (χ3n) is 4.27. The van der Waals surface area contributed by atoms with Crippen LogP contribution in [0.4, 0.5) is 0 Å². The van der Waals surface area contributed by atoms with E-state index in [1.807, 2.05) is 6.07 Å². The lowest BCUT2D eigenvalue weighted by Crippen LogP contribution is -2.37. The molecule has 2 rings (SSSR count). The number of hydrogen-bond acceptors (Lipinski definition) is 3. The van der Waals surface area contributed by atoms with Crippen LogP contribution in [0.5, 0.6) is 0 Å². The third kappa shape index (κ3) is 3.43. The van der Waals surface area contributed by atoms with Gasteiger partial charge >= 0.3 is 0 Å². The first-order valence-electron chi connectivity index (χ1n) is 6.92. The first-order valence-corrected chi connectivity index (χ1v) is 8.50. The van der Waals surface area contributed by atoms with Crippen LogP contribution >= 0.6 is 31.9 Å². The monoisotopic (exact) mass is 393 g/mol. The van der Waals surface area contributed by atoms with Crippen molar-refractivity contribution in [3.8, 4) is 0 Å². The number of furan rings is 1. The van der Waals surface area contributed by atoms with E-state index in [9.17, 15) is 5.11 Å². The minimum absolute atomic E-state index is 0.239. The van der Waals surface area contributed by atoms with Crippen molar-refractivity contribution in [3.05, 3.63) is 21.0 Å². The Labute approximate surface area is 131 Å². The van der Waals surface area contributed by atoms with Crippen molar-refractivity contribution in [3.63, 3.8) is 0 Å². The number of aliphatic hydroxyl groups is 1. The molecule has 0 aliphatic heterocycles. The highest BCUT2D eigenvalue weighted by molar-refractivity contribution is 9.13. The van der Waals surface area contributed by atoms with Crippen LogP contribution in [0.1, 0.15) is 56.8 Å². The van der Waals surface area contributed by atoms with Gasteiger partial charge in [-0.25, -0.2) is 0 Å². The van der Waals surface area contributed by atoms with Gasteiger partial charge in [0.05, 0.1) is 4.47 Å². The molecule has 3 nitrogen and oxygen atoms in total. The fraction of sp³-hybridized carbons (Fsp3) is 0.714. The summed E-state index contributed by atoms with van der Waals surface area (Å²) in [5.41, 5.74) is 5.78. The van der Waals surface area contributed by atoms with Gasteiger partial charge in [0.25, 0.3) is 0 Å². The van der Waals surface area contributed by atoms with Crippen LogP contribution in [0.3, 0.4) is 0 Å². The van der Waals surface area contributed by atoms with E-state index >= 15 is 0 Å². The molecule has 0 bridgehead atoms. The summed E-state index contributed by atoms with van der Waals surface area (Å²) in [4.78, 5) is 0. The van der Waals surface area contributed by atoms with Gasteiger partial charge in [-0.3, -0.25) is 0 Å². The molecule has 1 unspecified atom stereocenters. The summed E-state index contributed by atoms with van der Waals surface area (Å²) in [5.74, 6) is 0.602. The van der Waals surface area contributed by atoms with E-state index in [1.165, 1.54) is 19.3 Å². The minimum Gasteiger partial charge on any atom is -0.450 e. The zero-order valence-corrected chi connectivity index (χ0v) is 14.2. The summed E-state index contributed by atoms with van der Waals surface area (Å²) < 4.78 is 7.05. The van der Waals surface area contributed by atoms with Crippen molar-refractivity contribution >= 4 is 31.9 Å². The number of halogens is 2. The van der Waals surface area contributed by atoms with E-state index in [4.69, 9.17) is 10.2 Å². The van der Waals surface area contributed by atoms with Crippen molar-refractivity contribution in [1.82, 2.24) is 0 Å². The molecule has 108 valence electrons. The van der Waals surface area contributed by atoms with E-state index in [1.54, 1.807) is 0 Å². The summed E-state index contributed by atoms with van der Waals surface area (Å²) in [6.07, 6.45) is 7.36. The van der Waals surface area contributed by atoms with Gasteiger partial charge in [0.1, 0.15) is 11.9 Å². The van der Waals surface area contributed by atoms with E-state index in [2.05, 4.69) is 31.9 Å². The number of rotatable bonds is 3. The van der Waals surface area contributed by atoms with Crippen molar-refractivity contribution in [2.75, 3.05) is 6.54 Å². The molecule has 0 amide bonds. The first-order chi connectivity index (χ1) is 9.09. The first kappa shape index (κ1) is 15.5. The maximum absolute atomic E-state index is 10.7. The van der Waals surface area contributed by atoms with Gasteiger partial charge in [-0.15, -0.1) is 0 Å². The van der Waals surface area contributed by atoms with Crippen LogP contribution in [0.2, 0.25) is 0 Å². The highest BCUT2D eigenvalue weighted by Gasteiger charge is 2.39. The summed E-state index contributed by atoms with van der Waals surface area (Å²) >= 11 is 6.71. The van der Waals surface area contributed by atoms with E-state index in [-0.39, 0.29) is 5.41 Å². The summed E-state index contributed by atoms with van der Waals surface area (Å²) in [5, 5.41) is 10.7. The lowest BCUT2D eigenvalue weighted by atomic mass is 9.71. The Bertz CT molecular complexity index is 392. The molecule has 0 aromatic carbocycles. The zero-order valence-electron chi connectivity index (χ0n) is 11.0. The summed E-state index contributed by atoms with van der Waals surface area (Å²) in [7, 11) is 0. The van der Waals surface area contributed by atoms with Crippen molar-refractivity contribution in [1.29, 1.82) is 0 Å². The van der Waals surface area contributed by atoms with Gasteiger partial charge in [-0.2, -0.15) is 0 Å². The molecule has 1 aromatic heterocycles. The molecule has 1 aliphatic carbocycles. The van der Waals surface area contributed by atoms with Crippen LogP contribution < -0.4 is 5.73 Å². The Morgan fingerprint density at radius 2 is 1.79 bits per heavy atom. The van der Waals surface area contributed by atoms with Crippen molar-refractivity contribution < 1.29 is 9.52 Å². The molecule has 3 N–H and O–H groups in total. The van der Waals surface area contributed by atoms with Gasteiger partial charge in [0.2, 0.25) is 0 Å². The third-order valence-corrected chi connectivity index (χ3v) is 5.98. The SMILES string of the molecule is NCC1(C(O)c2cc(Br)c(Br)o2)CCCCCCC1. The second-order valence-corrected chi connectivity index (χ2v) is 7.08. The standard InChI is InChI=1S/C14H21Br2NO2/c15-10-8-11(19-13(10)16)12(18)14(9-17)6-4-2-1-3-5-7-14/h8,12,18H,1-7,9,17H2. The molecule has 1 heterocycles. The fourth-order valence-electron chi connectivity index (χ4n) is 3.00. The Balaban J connectivity index is 2.22. The minimum atomic E-state index is -0.627. The largest absolute Gasteiger partial charge is 0.450 e. The second kappa shape index (κ2) is 6.74. The predicted molar refractivity (Wildman–Crippen MR) is 82.9 cm³/mol. The van der Waals surface area contributed by atoms with Crippen LogP contribution in [0.15, 0.2) is 19.6 Å². The van der Waals surface area contributed by atoms with Crippen LogP contribution in [0.25, 0.3) is 0 Å². The Morgan fingerprint density at radius 3 is 2.26 bits per heavy atom. The van der Waals surface area contributed by atoms with Crippen molar-refractivity contribution in [2.45, 2.75) is 51.0 Å². The topological polar surface area (TPSA) is 59.4 Å². The molecule has 1 fully saturated rings. The molecule has 19 heavy (non-hydrogen) atoms. The molecular formula is C14H21Br2NO2. The molecule has 1 aliphatic rings. The second-order valence-electron chi connectivity index (χ2n) is 5.51. The molecule has 1 atom stereocenters. The molecule has 0 spiro atoms. The summed E-state index contributed by atoms with van der Waals surface area (Å²) in [6, 6.07) is 1.84. The Hall–Kier alpha value is 0.160. The zero-order chi connectivity index (χ0) is 13.9. The highest BCUT2D eigenvalue weighted by Crippen LogP contribution is 2.45. The van der Waals surface area contributed by atoms with Crippen LogP contribution in [-0.2, 0) is 0 Å². The van der Waals surface area contributed by atoms with Crippen molar-refractivity contribution in [2.24, 2.45) is 11.1 Å². The maximum Gasteiger partial charge on any atom is 0.183 e. The van der Waals surface area contributed by atoms with Gasteiger partial charge in [0.15, 0.2) is 4.67 Å². The summed E-state index contributed by atoms with van der Waals surface area (Å²) in [6.45, 7) is 0.504. The van der Waals surface area contributed by atoms with Gasteiger partial charge < -0.3 is 15.3 Å². The Morgan fingerprint density at radius 1 is 1.21 bits per heavy atom. The van der Waals surface area contributed by atoms with E-state index in [0.717, 1.165) is 30.2 Å². The number of aliphatic hydroxyl groups excluding tert-OH is 1. The smallest absolute Gasteiger partial charge is 0.183 e. The molecule has 1 saturated carbocycles. The van der Waals surface area contributed by atoms with Gasteiger partial charge in [0, 0.05) is 12.0 Å². The average Bonchev–Trinajstić information content (AvgIpc) is 2.70. The molecule has 5 heteroatoms. The van der Waals surface area contributed by atoms with Gasteiger partial charge in [-0.1, -0.05) is 32.1 Å². The highest BCUT2D eigenvalue weighted by atomic mass is 79.9. The average molecular weight is 395 g/mol. The molecule has 0 radical (unpaired) electrons. The van der Waals surface area contributed by atoms with Gasteiger partial charge in [-0.05, 0) is 50.8 Å². The quantitative estimate of drug-likeness (QED) is 0.791. The molecular weight excluding hydrogens is 374 g/mol.